The summed E-state index contributed by atoms with van der Waals surface area (Å²) in [5.74, 6) is 0.468. The van der Waals surface area contributed by atoms with Gasteiger partial charge in [0, 0.05) is 0 Å². The molecule has 1 aliphatic rings. The minimum atomic E-state index is -0.272. The second kappa shape index (κ2) is 6.02. The first-order chi connectivity index (χ1) is 7.86. The number of rotatable bonds is 5. The highest BCUT2D eigenvalue weighted by Gasteiger charge is 2.22. The van der Waals surface area contributed by atoms with E-state index in [1.54, 1.807) is 0 Å². The number of hydrogen-bond donors (Lipinski definition) is 1. The zero-order chi connectivity index (χ0) is 11.2. The van der Waals surface area contributed by atoms with Crippen LogP contribution in [0, 0.1) is 5.92 Å². The van der Waals surface area contributed by atoms with Crippen LogP contribution in [0.3, 0.4) is 0 Å². The highest BCUT2D eigenvalue weighted by Crippen LogP contribution is 2.27. The SMILES string of the molecule is OC(COCc1ccccc1)C1CCCC1. The maximum absolute atomic E-state index is 9.90. The number of hydrogen-bond acceptors (Lipinski definition) is 2. The first-order valence-electron chi connectivity index (χ1n) is 6.16. The molecule has 1 aromatic rings. The molecular formula is C14H20O2. The zero-order valence-corrected chi connectivity index (χ0v) is 9.64. The summed E-state index contributed by atoms with van der Waals surface area (Å²) in [4.78, 5) is 0. The summed E-state index contributed by atoms with van der Waals surface area (Å²) in [5.41, 5.74) is 1.17. The normalized spacial score (nSPS) is 18.8. The Hall–Kier alpha value is -0.860. The van der Waals surface area contributed by atoms with E-state index in [4.69, 9.17) is 4.74 Å². The Morgan fingerprint density at radius 2 is 1.88 bits per heavy atom. The number of aliphatic hydroxyl groups excluding tert-OH is 1. The molecule has 1 unspecified atom stereocenters. The smallest absolute Gasteiger partial charge is 0.0801 e. The van der Waals surface area contributed by atoms with Crippen LogP contribution in [-0.2, 0) is 11.3 Å². The summed E-state index contributed by atoms with van der Waals surface area (Å²) in [5, 5.41) is 9.90. The van der Waals surface area contributed by atoms with E-state index >= 15 is 0 Å². The molecule has 1 aliphatic carbocycles. The predicted molar refractivity (Wildman–Crippen MR) is 64.1 cm³/mol. The van der Waals surface area contributed by atoms with Gasteiger partial charge in [0.15, 0.2) is 0 Å². The average molecular weight is 220 g/mol. The van der Waals surface area contributed by atoms with Crippen LogP contribution in [0.2, 0.25) is 0 Å². The van der Waals surface area contributed by atoms with Gasteiger partial charge in [-0.25, -0.2) is 0 Å². The molecule has 1 aromatic carbocycles. The van der Waals surface area contributed by atoms with Crippen molar-refractivity contribution in [3.05, 3.63) is 35.9 Å². The highest BCUT2D eigenvalue weighted by atomic mass is 16.5. The molecule has 0 amide bonds. The standard InChI is InChI=1S/C14H20O2/c15-14(13-8-4-5-9-13)11-16-10-12-6-2-1-3-7-12/h1-3,6-7,13-15H,4-5,8-11H2. The van der Waals surface area contributed by atoms with E-state index in [2.05, 4.69) is 0 Å². The van der Waals surface area contributed by atoms with Gasteiger partial charge in [-0.1, -0.05) is 43.2 Å². The Kier molecular flexibility index (Phi) is 4.37. The van der Waals surface area contributed by atoms with Crippen molar-refractivity contribution in [2.45, 2.75) is 38.4 Å². The summed E-state index contributed by atoms with van der Waals surface area (Å²) >= 11 is 0. The van der Waals surface area contributed by atoms with Crippen LogP contribution in [0.5, 0.6) is 0 Å². The lowest BCUT2D eigenvalue weighted by atomic mass is 10.0. The third-order valence-corrected chi connectivity index (χ3v) is 3.34. The van der Waals surface area contributed by atoms with E-state index < -0.39 is 0 Å². The maximum atomic E-state index is 9.90. The predicted octanol–water partition coefficient (Wildman–Crippen LogP) is 2.75. The largest absolute Gasteiger partial charge is 0.390 e. The quantitative estimate of drug-likeness (QED) is 0.826. The van der Waals surface area contributed by atoms with E-state index in [9.17, 15) is 5.11 Å². The molecule has 0 radical (unpaired) electrons. The van der Waals surface area contributed by atoms with Crippen molar-refractivity contribution >= 4 is 0 Å². The van der Waals surface area contributed by atoms with Gasteiger partial charge in [-0.05, 0) is 24.3 Å². The minimum Gasteiger partial charge on any atom is -0.390 e. The van der Waals surface area contributed by atoms with Gasteiger partial charge in [0.25, 0.3) is 0 Å². The van der Waals surface area contributed by atoms with Crippen molar-refractivity contribution in [3.63, 3.8) is 0 Å². The van der Waals surface area contributed by atoms with E-state index in [-0.39, 0.29) is 6.10 Å². The Bertz CT molecular complexity index is 291. The van der Waals surface area contributed by atoms with Crippen molar-refractivity contribution in [2.24, 2.45) is 5.92 Å². The lowest BCUT2D eigenvalue weighted by Crippen LogP contribution is -2.23. The molecule has 0 heterocycles. The molecule has 0 aliphatic heterocycles. The van der Waals surface area contributed by atoms with E-state index in [1.165, 1.54) is 18.4 Å². The molecule has 1 atom stereocenters. The van der Waals surface area contributed by atoms with Crippen molar-refractivity contribution in [1.82, 2.24) is 0 Å². The van der Waals surface area contributed by atoms with Crippen LogP contribution >= 0.6 is 0 Å². The second-order valence-electron chi connectivity index (χ2n) is 4.61. The fourth-order valence-corrected chi connectivity index (χ4v) is 2.35. The molecular weight excluding hydrogens is 200 g/mol. The maximum Gasteiger partial charge on any atom is 0.0801 e. The first kappa shape index (κ1) is 11.6. The number of ether oxygens (including phenoxy) is 1. The molecule has 2 nitrogen and oxygen atoms in total. The zero-order valence-electron chi connectivity index (χ0n) is 9.64. The summed E-state index contributed by atoms with van der Waals surface area (Å²) in [6.07, 6.45) is 4.58. The molecule has 0 aromatic heterocycles. The molecule has 2 rings (SSSR count). The van der Waals surface area contributed by atoms with Crippen molar-refractivity contribution in [1.29, 1.82) is 0 Å². The lowest BCUT2D eigenvalue weighted by Gasteiger charge is -2.17. The third kappa shape index (κ3) is 3.32. The molecule has 0 saturated heterocycles. The fraction of sp³-hybridized carbons (Fsp3) is 0.571. The molecule has 0 bridgehead atoms. The summed E-state index contributed by atoms with van der Waals surface area (Å²) in [6, 6.07) is 10.1. The van der Waals surface area contributed by atoms with Gasteiger partial charge in [0.2, 0.25) is 0 Å². The molecule has 0 spiro atoms. The van der Waals surface area contributed by atoms with Gasteiger partial charge in [0.1, 0.15) is 0 Å². The van der Waals surface area contributed by atoms with Crippen LogP contribution in [-0.4, -0.2) is 17.8 Å². The van der Waals surface area contributed by atoms with Crippen LogP contribution in [0.15, 0.2) is 30.3 Å². The Morgan fingerprint density at radius 1 is 1.19 bits per heavy atom. The molecule has 16 heavy (non-hydrogen) atoms. The summed E-state index contributed by atoms with van der Waals surface area (Å²) in [7, 11) is 0. The van der Waals surface area contributed by atoms with E-state index in [0.29, 0.717) is 19.1 Å². The average Bonchev–Trinajstić information content (AvgIpc) is 2.84. The van der Waals surface area contributed by atoms with Crippen LogP contribution in [0.1, 0.15) is 31.2 Å². The van der Waals surface area contributed by atoms with Crippen LogP contribution < -0.4 is 0 Å². The van der Waals surface area contributed by atoms with Gasteiger partial charge >= 0.3 is 0 Å². The van der Waals surface area contributed by atoms with Gasteiger partial charge in [-0.3, -0.25) is 0 Å². The van der Waals surface area contributed by atoms with Gasteiger partial charge in [-0.2, -0.15) is 0 Å². The minimum absolute atomic E-state index is 0.272. The van der Waals surface area contributed by atoms with Gasteiger partial charge in [0.05, 0.1) is 19.3 Å². The molecule has 1 saturated carbocycles. The second-order valence-corrected chi connectivity index (χ2v) is 4.61. The highest BCUT2D eigenvalue weighted by molar-refractivity contribution is 5.13. The van der Waals surface area contributed by atoms with Gasteiger partial charge < -0.3 is 9.84 Å². The van der Waals surface area contributed by atoms with Crippen molar-refractivity contribution in [3.8, 4) is 0 Å². The molecule has 88 valence electrons. The van der Waals surface area contributed by atoms with Crippen molar-refractivity contribution < 1.29 is 9.84 Å². The van der Waals surface area contributed by atoms with E-state index in [1.807, 2.05) is 30.3 Å². The lowest BCUT2D eigenvalue weighted by molar-refractivity contribution is -0.000445. The summed E-state index contributed by atoms with van der Waals surface area (Å²) < 4.78 is 5.54. The Balaban J connectivity index is 1.67. The topological polar surface area (TPSA) is 29.5 Å². The number of benzene rings is 1. The number of aliphatic hydroxyl groups is 1. The fourth-order valence-electron chi connectivity index (χ4n) is 2.35. The summed E-state index contributed by atoms with van der Waals surface area (Å²) in [6.45, 7) is 1.07. The van der Waals surface area contributed by atoms with E-state index in [0.717, 1.165) is 12.8 Å². The monoisotopic (exact) mass is 220 g/mol. The molecule has 1 N–H and O–H groups in total. The van der Waals surface area contributed by atoms with Crippen LogP contribution in [0.25, 0.3) is 0 Å². The van der Waals surface area contributed by atoms with Crippen molar-refractivity contribution in [2.75, 3.05) is 6.61 Å². The molecule has 2 heteroatoms. The first-order valence-corrected chi connectivity index (χ1v) is 6.16. The Morgan fingerprint density at radius 3 is 2.56 bits per heavy atom. The van der Waals surface area contributed by atoms with Gasteiger partial charge in [-0.15, -0.1) is 0 Å². The Labute approximate surface area is 97.3 Å². The third-order valence-electron chi connectivity index (χ3n) is 3.34. The molecule has 1 fully saturated rings. The van der Waals surface area contributed by atoms with Crippen LogP contribution in [0.4, 0.5) is 0 Å².